The van der Waals surface area contributed by atoms with Crippen LogP contribution in [-0.2, 0) is 4.79 Å². The van der Waals surface area contributed by atoms with Crippen molar-refractivity contribution in [1.29, 1.82) is 5.26 Å². The Morgan fingerprint density at radius 3 is 2.31 bits per heavy atom. The van der Waals surface area contributed by atoms with Crippen LogP contribution in [0, 0.1) is 17.2 Å². The minimum Gasteiger partial charge on any atom is -0.342 e. The third kappa shape index (κ3) is 2.73. The summed E-state index contributed by atoms with van der Waals surface area (Å²) in [5.74, 6) is -0.470. The number of carbonyl (C=O) groups excluding carboxylic acids is 1. The first-order valence-electron chi connectivity index (χ1n) is 4.94. The second-order valence-electron chi connectivity index (χ2n) is 3.59. The molecular weight excluding hydrogens is 164 g/mol. The average Bonchev–Trinajstić information content (AvgIpc) is 2.43. The number of nitriles is 1. The number of amides is 1. The van der Waals surface area contributed by atoms with Gasteiger partial charge in [0.25, 0.3) is 0 Å². The van der Waals surface area contributed by atoms with E-state index in [1.807, 2.05) is 11.0 Å². The maximum absolute atomic E-state index is 11.6. The van der Waals surface area contributed by atoms with Crippen molar-refractivity contribution in [3.63, 3.8) is 0 Å². The smallest absolute Gasteiger partial charge is 0.239 e. The molecule has 3 nitrogen and oxygen atoms in total. The van der Waals surface area contributed by atoms with Gasteiger partial charge in [-0.05, 0) is 19.8 Å². The molecule has 1 saturated heterocycles. The minimum atomic E-state index is -0.474. The largest absolute Gasteiger partial charge is 0.342 e. The summed E-state index contributed by atoms with van der Waals surface area (Å²) in [4.78, 5) is 13.4. The Hall–Kier alpha value is -1.04. The molecule has 3 heteroatoms. The molecule has 13 heavy (non-hydrogen) atoms. The van der Waals surface area contributed by atoms with E-state index in [1.54, 1.807) is 6.92 Å². The molecule has 1 atom stereocenters. The van der Waals surface area contributed by atoms with Crippen LogP contribution in [0.2, 0.25) is 0 Å². The highest BCUT2D eigenvalue weighted by Crippen LogP contribution is 2.12. The van der Waals surface area contributed by atoms with E-state index in [1.165, 1.54) is 12.8 Å². The molecule has 0 N–H and O–H groups in total. The van der Waals surface area contributed by atoms with Gasteiger partial charge < -0.3 is 4.90 Å². The first-order chi connectivity index (χ1) is 6.25. The molecule has 0 bridgehead atoms. The molecule has 1 amide bonds. The van der Waals surface area contributed by atoms with Gasteiger partial charge in [-0.1, -0.05) is 12.8 Å². The average molecular weight is 180 g/mol. The van der Waals surface area contributed by atoms with Crippen LogP contribution in [0.1, 0.15) is 32.6 Å². The molecule has 0 aromatic rings. The quantitative estimate of drug-likeness (QED) is 0.614. The standard InChI is InChI=1S/C10H16N2O/c1-9(8-11)10(13)12-6-4-2-3-5-7-12/h9H,2-7H2,1H3. The van der Waals surface area contributed by atoms with Crippen LogP contribution >= 0.6 is 0 Å². The van der Waals surface area contributed by atoms with Crippen LogP contribution in [0.3, 0.4) is 0 Å². The normalized spacial score (nSPS) is 20.2. The SMILES string of the molecule is CC(C#N)C(=O)N1CCCCCC1. The molecule has 1 unspecified atom stereocenters. The van der Waals surface area contributed by atoms with Crippen molar-refractivity contribution in [3.8, 4) is 6.07 Å². The zero-order valence-corrected chi connectivity index (χ0v) is 8.12. The Bertz CT molecular complexity index is 211. The van der Waals surface area contributed by atoms with Crippen LogP contribution in [0.15, 0.2) is 0 Å². The molecule has 0 spiro atoms. The first-order valence-corrected chi connectivity index (χ1v) is 4.94. The Morgan fingerprint density at radius 1 is 1.31 bits per heavy atom. The number of hydrogen-bond donors (Lipinski definition) is 0. The number of likely N-dealkylation sites (tertiary alicyclic amines) is 1. The van der Waals surface area contributed by atoms with Crippen molar-refractivity contribution >= 4 is 5.91 Å². The van der Waals surface area contributed by atoms with Gasteiger partial charge in [-0.25, -0.2) is 0 Å². The molecule has 1 rings (SSSR count). The molecule has 0 saturated carbocycles. The van der Waals surface area contributed by atoms with Crippen LogP contribution in [0.5, 0.6) is 0 Å². The summed E-state index contributed by atoms with van der Waals surface area (Å²) >= 11 is 0. The highest BCUT2D eigenvalue weighted by atomic mass is 16.2. The maximum Gasteiger partial charge on any atom is 0.239 e. The van der Waals surface area contributed by atoms with Crippen molar-refractivity contribution in [3.05, 3.63) is 0 Å². The van der Waals surface area contributed by atoms with Crippen LogP contribution in [0.4, 0.5) is 0 Å². The Kier molecular flexibility index (Phi) is 3.75. The highest BCUT2D eigenvalue weighted by molar-refractivity contribution is 5.80. The van der Waals surface area contributed by atoms with Gasteiger partial charge in [-0.15, -0.1) is 0 Å². The van der Waals surface area contributed by atoms with E-state index < -0.39 is 5.92 Å². The van der Waals surface area contributed by atoms with Crippen molar-refractivity contribution < 1.29 is 4.79 Å². The van der Waals surface area contributed by atoms with Crippen molar-refractivity contribution in [2.24, 2.45) is 5.92 Å². The molecule has 1 heterocycles. The van der Waals surface area contributed by atoms with Gasteiger partial charge in [0, 0.05) is 13.1 Å². The Labute approximate surface area is 79.3 Å². The molecule has 0 aliphatic carbocycles. The number of hydrogen-bond acceptors (Lipinski definition) is 2. The molecular formula is C10H16N2O. The summed E-state index contributed by atoms with van der Waals surface area (Å²) in [5, 5.41) is 8.61. The van der Waals surface area contributed by atoms with Gasteiger partial charge >= 0.3 is 0 Å². The van der Waals surface area contributed by atoms with E-state index in [0.29, 0.717) is 0 Å². The predicted molar refractivity (Wildman–Crippen MR) is 49.8 cm³/mol. The zero-order chi connectivity index (χ0) is 9.68. The van der Waals surface area contributed by atoms with Crippen molar-refractivity contribution in [1.82, 2.24) is 4.90 Å². The van der Waals surface area contributed by atoms with Crippen molar-refractivity contribution in [2.75, 3.05) is 13.1 Å². The zero-order valence-electron chi connectivity index (χ0n) is 8.12. The minimum absolute atomic E-state index is 0.00407. The highest BCUT2D eigenvalue weighted by Gasteiger charge is 2.20. The van der Waals surface area contributed by atoms with Crippen LogP contribution in [0.25, 0.3) is 0 Å². The lowest BCUT2D eigenvalue weighted by Crippen LogP contribution is -2.35. The summed E-state index contributed by atoms with van der Waals surface area (Å²) in [5.41, 5.74) is 0. The molecule has 0 radical (unpaired) electrons. The number of carbonyl (C=O) groups is 1. The van der Waals surface area contributed by atoms with E-state index in [2.05, 4.69) is 0 Å². The lowest BCUT2D eigenvalue weighted by atomic mass is 10.2. The lowest BCUT2D eigenvalue weighted by Gasteiger charge is -2.21. The monoisotopic (exact) mass is 180 g/mol. The van der Waals surface area contributed by atoms with Gasteiger partial charge in [-0.2, -0.15) is 5.26 Å². The van der Waals surface area contributed by atoms with E-state index in [-0.39, 0.29) is 5.91 Å². The van der Waals surface area contributed by atoms with E-state index >= 15 is 0 Å². The number of rotatable bonds is 1. The fourth-order valence-electron chi connectivity index (χ4n) is 1.62. The summed E-state index contributed by atoms with van der Waals surface area (Å²) in [6.07, 6.45) is 4.60. The fourth-order valence-corrected chi connectivity index (χ4v) is 1.62. The van der Waals surface area contributed by atoms with E-state index in [4.69, 9.17) is 5.26 Å². The van der Waals surface area contributed by atoms with Crippen molar-refractivity contribution in [2.45, 2.75) is 32.6 Å². The number of nitrogens with zero attached hydrogens (tertiary/aromatic N) is 2. The van der Waals surface area contributed by atoms with Gasteiger partial charge in [0.1, 0.15) is 5.92 Å². The molecule has 72 valence electrons. The van der Waals surface area contributed by atoms with Gasteiger partial charge in [0.2, 0.25) is 5.91 Å². The van der Waals surface area contributed by atoms with Gasteiger partial charge in [0.05, 0.1) is 6.07 Å². The second-order valence-corrected chi connectivity index (χ2v) is 3.59. The Morgan fingerprint density at radius 2 is 1.85 bits per heavy atom. The fraction of sp³-hybridized carbons (Fsp3) is 0.800. The third-order valence-corrected chi connectivity index (χ3v) is 2.48. The van der Waals surface area contributed by atoms with Gasteiger partial charge in [0.15, 0.2) is 0 Å². The predicted octanol–water partition coefficient (Wildman–Crippen LogP) is 1.55. The molecule has 1 fully saturated rings. The summed E-state index contributed by atoms with van der Waals surface area (Å²) < 4.78 is 0. The molecule has 0 aromatic heterocycles. The second kappa shape index (κ2) is 4.86. The molecule has 0 aromatic carbocycles. The summed E-state index contributed by atoms with van der Waals surface area (Å²) in [6, 6.07) is 1.99. The molecule has 1 aliphatic heterocycles. The van der Waals surface area contributed by atoms with Crippen LogP contribution in [-0.4, -0.2) is 23.9 Å². The topological polar surface area (TPSA) is 44.1 Å². The van der Waals surface area contributed by atoms with E-state index in [0.717, 1.165) is 25.9 Å². The molecule has 1 aliphatic rings. The van der Waals surface area contributed by atoms with Gasteiger partial charge in [-0.3, -0.25) is 4.79 Å². The summed E-state index contributed by atoms with van der Waals surface area (Å²) in [6.45, 7) is 3.35. The van der Waals surface area contributed by atoms with Crippen LogP contribution < -0.4 is 0 Å². The summed E-state index contributed by atoms with van der Waals surface area (Å²) in [7, 11) is 0. The van der Waals surface area contributed by atoms with E-state index in [9.17, 15) is 4.79 Å². The first kappa shape index (κ1) is 10.0. The third-order valence-electron chi connectivity index (χ3n) is 2.48. The maximum atomic E-state index is 11.6. The Balaban J connectivity index is 2.49. The lowest BCUT2D eigenvalue weighted by molar-refractivity contribution is -0.133.